The first kappa shape index (κ1) is 14.1. The van der Waals surface area contributed by atoms with Crippen molar-refractivity contribution in [3.05, 3.63) is 48.2 Å². The monoisotopic (exact) mass is 295 g/mol. The molecular formula is C12H13N3O4S. The molecule has 0 atom stereocenters. The topological polar surface area (TPSA) is 101 Å². The van der Waals surface area contributed by atoms with E-state index in [-0.39, 0.29) is 11.4 Å². The van der Waals surface area contributed by atoms with Crippen LogP contribution in [0.5, 0.6) is 0 Å². The van der Waals surface area contributed by atoms with Crippen LogP contribution in [-0.2, 0) is 16.6 Å². The summed E-state index contributed by atoms with van der Waals surface area (Å²) in [5.74, 6) is 0. The fraction of sp³-hybridized carbons (Fsp3) is 0.167. The molecule has 0 aliphatic carbocycles. The number of amides is 2. The quantitative estimate of drug-likeness (QED) is 0.881. The zero-order valence-electron chi connectivity index (χ0n) is 10.7. The Morgan fingerprint density at radius 2 is 2.00 bits per heavy atom. The maximum atomic E-state index is 11.9. The predicted molar refractivity (Wildman–Crippen MR) is 70.2 cm³/mol. The van der Waals surface area contributed by atoms with Crippen LogP contribution in [0, 0.1) is 6.92 Å². The van der Waals surface area contributed by atoms with Gasteiger partial charge >= 0.3 is 6.03 Å². The third-order valence-corrected chi connectivity index (χ3v) is 3.82. The molecule has 8 heteroatoms. The number of hydrogen-bond acceptors (Lipinski definition) is 5. The van der Waals surface area contributed by atoms with Gasteiger partial charge in [-0.3, -0.25) is 0 Å². The summed E-state index contributed by atoms with van der Waals surface area (Å²) in [5, 5.41) is 2.37. The second kappa shape index (κ2) is 5.74. The fourth-order valence-electron chi connectivity index (χ4n) is 1.43. The van der Waals surface area contributed by atoms with Gasteiger partial charge in [-0.2, -0.15) is 0 Å². The van der Waals surface area contributed by atoms with Crippen molar-refractivity contribution in [3.8, 4) is 0 Å². The maximum Gasteiger partial charge on any atom is 0.329 e. The van der Waals surface area contributed by atoms with Crippen molar-refractivity contribution in [1.82, 2.24) is 15.0 Å². The molecular weight excluding hydrogens is 282 g/mol. The lowest BCUT2D eigenvalue weighted by Crippen LogP contribution is -2.39. The molecule has 0 bridgehead atoms. The van der Waals surface area contributed by atoms with Crippen molar-refractivity contribution in [3.63, 3.8) is 0 Å². The van der Waals surface area contributed by atoms with Crippen LogP contribution in [0.15, 0.2) is 46.2 Å². The number of benzene rings is 1. The lowest BCUT2D eigenvalue weighted by Gasteiger charge is -2.07. The highest BCUT2D eigenvalue weighted by Crippen LogP contribution is 2.09. The van der Waals surface area contributed by atoms with Gasteiger partial charge < -0.3 is 9.73 Å². The van der Waals surface area contributed by atoms with Crippen LogP contribution in [0.3, 0.4) is 0 Å². The van der Waals surface area contributed by atoms with Crippen LogP contribution in [0.25, 0.3) is 0 Å². The molecule has 7 nitrogen and oxygen atoms in total. The molecule has 0 aliphatic rings. The Balaban J connectivity index is 1.97. The average molecular weight is 295 g/mol. The molecule has 2 rings (SSSR count). The third kappa shape index (κ3) is 3.58. The minimum atomic E-state index is -3.87. The SMILES string of the molecule is Cc1ccc(S(=O)(=O)NC(=O)NCc2cocn2)cc1. The maximum absolute atomic E-state index is 11.9. The Morgan fingerprint density at radius 3 is 2.60 bits per heavy atom. The summed E-state index contributed by atoms with van der Waals surface area (Å²) in [6, 6.07) is 5.35. The zero-order valence-corrected chi connectivity index (χ0v) is 11.5. The summed E-state index contributed by atoms with van der Waals surface area (Å²) in [6.45, 7) is 1.92. The summed E-state index contributed by atoms with van der Waals surface area (Å²) >= 11 is 0. The largest absolute Gasteiger partial charge is 0.451 e. The lowest BCUT2D eigenvalue weighted by molar-refractivity contribution is 0.245. The summed E-state index contributed by atoms with van der Waals surface area (Å²) in [6.07, 6.45) is 2.58. The molecule has 1 aromatic heterocycles. The van der Waals surface area contributed by atoms with E-state index in [1.54, 1.807) is 12.1 Å². The van der Waals surface area contributed by atoms with E-state index in [0.29, 0.717) is 5.69 Å². The van der Waals surface area contributed by atoms with E-state index in [9.17, 15) is 13.2 Å². The lowest BCUT2D eigenvalue weighted by atomic mass is 10.2. The second-order valence-corrected chi connectivity index (χ2v) is 5.76. The molecule has 2 N–H and O–H groups in total. The Hall–Kier alpha value is -2.35. The van der Waals surface area contributed by atoms with Crippen molar-refractivity contribution in [1.29, 1.82) is 0 Å². The number of aromatic nitrogens is 1. The van der Waals surface area contributed by atoms with E-state index >= 15 is 0 Å². The number of oxazole rings is 1. The predicted octanol–water partition coefficient (Wildman–Crippen LogP) is 1.17. The smallest absolute Gasteiger partial charge is 0.329 e. The molecule has 1 heterocycles. The molecule has 106 valence electrons. The Labute approximate surface area is 116 Å². The van der Waals surface area contributed by atoms with Gasteiger partial charge in [-0.25, -0.2) is 22.9 Å². The van der Waals surface area contributed by atoms with Crippen molar-refractivity contribution >= 4 is 16.1 Å². The van der Waals surface area contributed by atoms with Crippen molar-refractivity contribution < 1.29 is 17.6 Å². The van der Waals surface area contributed by atoms with Crippen molar-refractivity contribution in [2.75, 3.05) is 0 Å². The number of carbonyl (C=O) groups excluding carboxylic acids is 1. The van der Waals surface area contributed by atoms with Crippen molar-refractivity contribution in [2.45, 2.75) is 18.4 Å². The van der Waals surface area contributed by atoms with E-state index < -0.39 is 16.1 Å². The third-order valence-electron chi connectivity index (χ3n) is 2.47. The number of nitrogens with zero attached hydrogens (tertiary/aromatic N) is 1. The first-order chi connectivity index (χ1) is 9.47. The molecule has 0 spiro atoms. The summed E-state index contributed by atoms with van der Waals surface area (Å²) in [4.78, 5) is 15.4. The molecule has 0 unspecified atom stereocenters. The van der Waals surface area contributed by atoms with Gasteiger partial charge in [-0.05, 0) is 19.1 Å². The van der Waals surface area contributed by atoms with E-state index in [4.69, 9.17) is 4.42 Å². The van der Waals surface area contributed by atoms with Crippen LogP contribution in [0.2, 0.25) is 0 Å². The van der Waals surface area contributed by atoms with Gasteiger partial charge in [0.15, 0.2) is 6.39 Å². The number of carbonyl (C=O) groups is 1. The number of nitrogens with one attached hydrogen (secondary N) is 2. The van der Waals surface area contributed by atoms with Gasteiger partial charge in [0.25, 0.3) is 10.0 Å². The summed E-state index contributed by atoms with van der Waals surface area (Å²) in [7, 11) is -3.87. The molecule has 0 saturated carbocycles. The van der Waals surface area contributed by atoms with Gasteiger partial charge in [-0.1, -0.05) is 17.7 Å². The standard InChI is InChI=1S/C12H13N3O4S/c1-9-2-4-11(5-3-9)20(17,18)15-12(16)13-6-10-7-19-8-14-10/h2-5,7-8H,6H2,1H3,(H2,13,15,16). The molecule has 0 saturated heterocycles. The van der Waals surface area contributed by atoms with Crippen LogP contribution >= 0.6 is 0 Å². The van der Waals surface area contributed by atoms with Crippen LogP contribution in [0.4, 0.5) is 4.79 Å². The number of hydrogen-bond donors (Lipinski definition) is 2. The van der Waals surface area contributed by atoms with E-state index in [2.05, 4.69) is 10.3 Å². The van der Waals surface area contributed by atoms with Gasteiger partial charge in [0, 0.05) is 0 Å². The molecule has 1 aromatic carbocycles. The summed E-state index contributed by atoms with van der Waals surface area (Å²) < 4.78 is 30.5. The zero-order chi connectivity index (χ0) is 14.6. The number of rotatable bonds is 4. The van der Waals surface area contributed by atoms with Gasteiger partial charge in [0.2, 0.25) is 0 Å². The van der Waals surface area contributed by atoms with Crippen molar-refractivity contribution in [2.24, 2.45) is 0 Å². The number of aryl methyl sites for hydroxylation is 1. The Kier molecular flexibility index (Phi) is 4.04. The molecule has 2 aromatic rings. The first-order valence-corrected chi connectivity index (χ1v) is 7.20. The second-order valence-electron chi connectivity index (χ2n) is 4.08. The minimum absolute atomic E-state index is 0.0275. The van der Waals surface area contributed by atoms with Gasteiger partial charge in [0.1, 0.15) is 6.26 Å². The van der Waals surface area contributed by atoms with Gasteiger partial charge in [-0.15, -0.1) is 0 Å². The normalized spacial score (nSPS) is 11.1. The number of urea groups is 1. The molecule has 0 radical (unpaired) electrons. The minimum Gasteiger partial charge on any atom is -0.451 e. The molecule has 2 amide bonds. The Morgan fingerprint density at radius 1 is 1.30 bits per heavy atom. The summed E-state index contributed by atoms with van der Waals surface area (Å²) in [5.41, 5.74) is 1.42. The van der Waals surface area contributed by atoms with Crippen LogP contribution in [0.1, 0.15) is 11.3 Å². The van der Waals surface area contributed by atoms with E-state index in [1.165, 1.54) is 24.8 Å². The van der Waals surface area contributed by atoms with Crippen LogP contribution in [-0.4, -0.2) is 19.4 Å². The number of sulfonamides is 1. The molecule has 0 aliphatic heterocycles. The van der Waals surface area contributed by atoms with E-state index in [1.807, 2.05) is 11.6 Å². The van der Waals surface area contributed by atoms with E-state index in [0.717, 1.165) is 5.56 Å². The van der Waals surface area contributed by atoms with Gasteiger partial charge in [0.05, 0.1) is 17.1 Å². The highest BCUT2D eigenvalue weighted by molar-refractivity contribution is 7.90. The first-order valence-electron chi connectivity index (χ1n) is 5.72. The Bertz CT molecular complexity index is 678. The molecule has 0 fully saturated rings. The highest BCUT2D eigenvalue weighted by atomic mass is 32.2. The van der Waals surface area contributed by atoms with Crippen LogP contribution < -0.4 is 10.0 Å². The average Bonchev–Trinajstić information content (AvgIpc) is 2.89. The highest BCUT2D eigenvalue weighted by Gasteiger charge is 2.17. The fourth-order valence-corrected chi connectivity index (χ4v) is 2.36. The molecule has 20 heavy (non-hydrogen) atoms.